The van der Waals surface area contributed by atoms with Crippen molar-refractivity contribution in [2.75, 3.05) is 13.1 Å². The van der Waals surface area contributed by atoms with Crippen molar-refractivity contribution in [3.05, 3.63) is 9.21 Å². The Kier molecular flexibility index (Phi) is 4.20. The predicted molar refractivity (Wildman–Crippen MR) is 76.7 cm³/mol. The number of hydrogen-bond donors (Lipinski definition) is 0. The van der Waals surface area contributed by atoms with Crippen LogP contribution < -0.4 is 0 Å². The third-order valence-corrected chi connectivity index (χ3v) is 4.21. The average Bonchev–Trinajstić information content (AvgIpc) is 2.48. The van der Waals surface area contributed by atoms with Gasteiger partial charge in [0.1, 0.15) is 5.60 Å². The zero-order chi connectivity index (χ0) is 14.2. The maximum absolute atomic E-state index is 11.7. The summed E-state index contributed by atoms with van der Waals surface area (Å²) in [5.74, 6) is 0.374. The van der Waals surface area contributed by atoms with Gasteiger partial charge in [0.2, 0.25) is 0 Å². The molecule has 6 nitrogen and oxygen atoms in total. The van der Waals surface area contributed by atoms with Crippen molar-refractivity contribution in [3.63, 3.8) is 0 Å². The van der Waals surface area contributed by atoms with Crippen LogP contribution in [-0.4, -0.2) is 44.7 Å². The second-order valence-electron chi connectivity index (χ2n) is 5.59. The Bertz CT molecular complexity index is 458. The highest BCUT2D eigenvalue weighted by molar-refractivity contribution is 9.13. The number of rotatable bonds is 2. The van der Waals surface area contributed by atoms with Crippen LogP contribution in [0.1, 0.15) is 20.8 Å². The molecular formula is C11H16Br2N4O2. The monoisotopic (exact) mass is 394 g/mol. The molecule has 0 aromatic carbocycles. The Labute approximate surface area is 128 Å². The summed E-state index contributed by atoms with van der Waals surface area (Å²) in [6, 6.07) is 0. The van der Waals surface area contributed by atoms with Gasteiger partial charge in [-0.3, -0.25) is 0 Å². The lowest BCUT2D eigenvalue weighted by molar-refractivity contribution is -0.00447. The van der Waals surface area contributed by atoms with Crippen LogP contribution >= 0.6 is 31.9 Å². The minimum Gasteiger partial charge on any atom is -0.444 e. The summed E-state index contributed by atoms with van der Waals surface area (Å²) < 4.78 is 6.68. The maximum Gasteiger partial charge on any atom is 0.410 e. The van der Waals surface area contributed by atoms with Gasteiger partial charge in [0.15, 0.2) is 9.21 Å². The van der Waals surface area contributed by atoms with Gasteiger partial charge in [-0.2, -0.15) is 4.80 Å². The molecule has 8 heteroatoms. The average molecular weight is 396 g/mol. The molecule has 2 rings (SSSR count). The summed E-state index contributed by atoms with van der Waals surface area (Å²) in [6.07, 6.45) is -0.250. The molecular weight excluding hydrogens is 380 g/mol. The first-order valence-electron chi connectivity index (χ1n) is 5.98. The van der Waals surface area contributed by atoms with Crippen molar-refractivity contribution < 1.29 is 9.53 Å². The Hall–Kier alpha value is -0.630. The van der Waals surface area contributed by atoms with E-state index in [0.29, 0.717) is 34.8 Å². The summed E-state index contributed by atoms with van der Waals surface area (Å²) in [4.78, 5) is 15.1. The number of aromatic nitrogens is 3. The first-order chi connectivity index (χ1) is 8.74. The first-order valence-corrected chi connectivity index (χ1v) is 7.57. The van der Waals surface area contributed by atoms with Crippen molar-refractivity contribution in [2.24, 2.45) is 5.92 Å². The molecule has 0 spiro atoms. The van der Waals surface area contributed by atoms with Gasteiger partial charge in [-0.05, 0) is 52.6 Å². The molecule has 1 saturated heterocycles. The normalized spacial score (nSPS) is 16.4. The predicted octanol–water partition coefficient (Wildman–Crippen LogP) is 2.67. The topological polar surface area (TPSA) is 60.2 Å². The van der Waals surface area contributed by atoms with Gasteiger partial charge in [-0.25, -0.2) is 4.79 Å². The number of halogens is 2. The lowest BCUT2D eigenvalue weighted by Gasteiger charge is -2.39. The molecule has 0 aliphatic carbocycles. The van der Waals surface area contributed by atoms with E-state index in [1.165, 1.54) is 0 Å². The number of likely N-dealkylation sites (tertiary alicyclic amines) is 1. The van der Waals surface area contributed by atoms with Gasteiger partial charge in [0, 0.05) is 19.0 Å². The number of carbonyl (C=O) groups is 1. The quantitative estimate of drug-likeness (QED) is 0.772. The number of ether oxygens (including phenoxy) is 1. The fraction of sp³-hybridized carbons (Fsp3) is 0.727. The Morgan fingerprint density at radius 2 is 1.84 bits per heavy atom. The largest absolute Gasteiger partial charge is 0.444 e. The van der Waals surface area contributed by atoms with Crippen molar-refractivity contribution >= 4 is 38.0 Å². The van der Waals surface area contributed by atoms with E-state index in [-0.39, 0.29) is 6.09 Å². The molecule has 1 aliphatic rings. The summed E-state index contributed by atoms with van der Waals surface area (Å²) in [6.45, 7) is 7.67. The molecule has 1 aliphatic heterocycles. The van der Waals surface area contributed by atoms with Crippen LogP contribution in [0.15, 0.2) is 9.21 Å². The minimum absolute atomic E-state index is 0.250. The fourth-order valence-electron chi connectivity index (χ4n) is 1.78. The van der Waals surface area contributed by atoms with Crippen LogP contribution in [-0.2, 0) is 11.3 Å². The Morgan fingerprint density at radius 3 is 2.32 bits per heavy atom. The van der Waals surface area contributed by atoms with E-state index in [2.05, 4.69) is 42.1 Å². The summed E-state index contributed by atoms with van der Waals surface area (Å²) in [5, 5.41) is 8.40. The van der Waals surface area contributed by atoms with Crippen molar-refractivity contribution in [1.29, 1.82) is 0 Å². The molecule has 19 heavy (non-hydrogen) atoms. The second-order valence-corrected chi connectivity index (χ2v) is 7.09. The molecule has 1 aromatic rings. The van der Waals surface area contributed by atoms with Crippen LogP contribution in [0, 0.1) is 5.92 Å². The van der Waals surface area contributed by atoms with E-state index < -0.39 is 5.60 Å². The van der Waals surface area contributed by atoms with Crippen molar-refractivity contribution in [1.82, 2.24) is 19.9 Å². The third kappa shape index (κ3) is 3.92. The van der Waals surface area contributed by atoms with E-state index in [0.717, 1.165) is 0 Å². The maximum atomic E-state index is 11.7. The molecule has 1 aromatic heterocycles. The zero-order valence-corrected chi connectivity index (χ0v) is 14.2. The third-order valence-electron chi connectivity index (χ3n) is 2.61. The zero-order valence-electron chi connectivity index (χ0n) is 11.1. The highest BCUT2D eigenvalue weighted by atomic mass is 79.9. The molecule has 0 atom stereocenters. The van der Waals surface area contributed by atoms with Gasteiger partial charge in [-0.15, -0.1) is 10.2 Å². The second kappa shape index (κ2) is 5.40. The van der Waals surface area contributed by atoms with Crippen LogP contribution in [0.2, 0.25) is 0 Å². The summed E-state index contributed by atoms with van der Waals surface area (Å²) in [5.41, 5.74) is -0.443. The van der Waals surface area contributed by atoms with E-state index in [9.17, 15) is 4.79 Å². The van der Waals surface area contributed by atoms with Gasteiger partial charge in [0.25, 0.3) is 0 Å². The van der Waals surface area contributed by atoms with Gasteiger partial charge >= 0.3 is 6.09 Å². The fourth-order valence-corrected chi connectivity index (χ4v) is 2.31. The minimum atomic E-state index is -0.443. The highest BCUT2D eigenvalue weighted by Gasteiger charge is 2.34. The molecule has 0 bridgehead atoms. The number of carbonyl (C=O) groups excluding carboxylic acids is 1. The molecule has 0 N–H and O–H groups in total. The lowest BCUT2D eigenvalue weighted by Crippen LogP contribution is -2.52. The van der Waals surface area contributed by atoms with E-state index in [1.807, 2.05) is 20.8 Å². The van der Waals surface area contributed by atoms with Crippen LogP contribution in [0.25, 0.3) is 0 Å². The van der Waals surface area contributed by atoms with E-state index in [4.69, 9.17) is 4.74 Å². The van der Waals surface area contributed by atoms with Crippen LogP contribution in [0.5, 0.6) is 0 Å². The SMILES string of the molecule is CC(C)(C)OC(=O)N1CC(Cn2nc(Br)c(Br)n2)C1. The Morgan fingerprint density at radius 1 is 1.32 bits per heavy atom. The molecule has 0 unspecified atom stereocenters. The Balaban J connectivity index is 1.79. The number of amides is 1. The van der Waals surface area contributed by atoms with Gasteiger partial charge in [-0.1, -0.05) is 0 Å². The van der Waals surface area contributed by atoms with Crippen LogP contribution in [0.4, 0.5) is 4.79 Å². The highest BCUT2D eigenvalue weighted by Crippen LogP contribution is 2.22. The first kappa shape index (κ1) is 14.8. The summed E-state index contributed by atoms with van der Waals surface area (Å²) >= 11 is 6.58. The molecule has 2 heterocycles. The van der Waals surface area contributed by atoms with Gasteiger partial charge in [0.05, 0.1) is 6.54 Å². The van der Waals surface area contributed by atoms with Crippen LogP contribution in [0.3, 0.4) is 0 Å². The number of hydrogen-bond acceptors (Lipinski definition) is 4. The molecule has 1 amide bonds. The lowest BCUT2D eigenvalue weighted by atomic mass is 10.0. The standard InChI is InChI=1S/C11H16Br2N4O2/c1-11(2,3)19-10(18)16-4-7(5-16)6-17-14-8(12)9(13)15-17/h7H,4-6H2,1-3H3. The molecule has 106 valence electrons. The van der Waals surface area contributed by atoms with E-state index in [1.54, 1.807) is 9.70 Å². The molecule has 0 radical (unpaired) electrons. The molecule has 1 fully saturated rings. The van der Waals surface area contributed by atoms with Gasteiger partial charge < -0.3 is 9.64 Å². The number of nitrogens with zero attached hydrogens (tertiary/aromatic N) is 4. The van der Waals surface area contributed by atoms with E-state index >= 15 is 0 Å². The smallest absolute Gasteiger partial charge is 0.410 e. The van der Waals surface area contributed by atoms with Crippen molar-refractivity contribution in [2.45, 2.75) is 32.9 Å². The summed E-state index contributed by atoms with van der Waals surface area (Å²) in [7, 11) is 0. The van der Waals surface area contributed by atoms with Crippen molar-refractivity contribution in [3.8, 4) is 0 Å². The molecule has 0 saturated carbocycles.